The third-order valence-electron chi connectivity index (χ3n) is 7.03. The maximum Gasteiger partial charge on any atom is 0.255 e. The summed E-state index contributed by atoms with van der Waals surface area (Å²) < 4.78 is 0. The van der Waals surface area contributed by atoms with Crippen LogP contribution in [0.5, 0.6) is 5.75 Å². The number of hydrogen-bond acceptors (Lipinski definition) is 10. The van der Waals surface area contributed by atoms with Crippen LogP contribution in [0.2, 0.25) is 0 Å². The fraction of sp³-hybridized carbons (Fsp3) is 0.409. The Kier molecular flexibility index (Phi) is 4.78. The summed E-state index contributed by atoms with van der Waals surface area (Å²) in [7, 11) is 2.80. The highest BCUT2D eigenvalue weighted by atomic mass is 16.4. The molecule has 0 spiro atoms. The maximum atomic E-state index is 13.7. The predicted octanol–water partition coefficient (Wildman–Crippen LogP) is -1.40. The minimum absolute atomic E-state index is 0.00664. The van der Waals surface area contributed by atoms with E-state index in [4.69, 9.17) is 5.73 Å². The number of aliphatic hydroxyl groups is 5. The van der Waals surface area contributed by atoms with Crippen LogP contribution >= 0.6 is 0 Å². The highest BCUT2D eigenvalue weighted by Gasteiger charge is 2.70. The molecule has 3 aliphatic rings. The van der Waals surface area contributed by atoms with Gasteiger partial charge in [0.15, 0.2) is 11.4 Å². The molecule has 176 valence electrons. The predicted molar refractivity (Wildman–Crippen MR) is 112 cm³/mol. The van der Waals surface area contributed by atoms with Crippen molar-refractivity contribution in [3.8, 4) is 5.75 Å². The number of amides is 1. The molecule has 11 heteroatoms. The normalized spacial score (nSPS) is 36.0. The molecule has 1 fully saturated rings. The second-order valence-corrected chi connectivity index (χ2v) is 9.06. The molecular formula is C22H24N2O9. The number of primary amides is 1. The minimum atomic E-state index is -3.02. The number of aromatic hydroxyl groups is 1. The number of rotatable bonds is 2. The number of ketones is 2. The quantitative estimate of drug-likeness (QED) is 0.257. The molecule has 11 nitrogen and oxygen atoms in total. The van der Waals surface area contributed by atoms with Crippen LogP contribution in [0.25, 0.3) is 5.76 Å². The lowest BCUT2D eigenvalue weighted by molar-refractivity contribution is -0.181. The van der Waals surface area contributed by atoms with Crippen molar-refractivity contribution < 1.29 is 45.0 Å². The van der Waals surface area contributed by atoms with Crippen LogP contribution in [0.1, 0.15) is 18.1 Å². The fourth-order valence-electron chi connectivity index (χ4n) is 5.60. The summed E-state index contributed by atoms with van der Waals surface area (Å²) in [5.41, 5.74) is -1.78. The van der Waals surface area contributed by atoms with Crippen LogP contribution in [-0.4, -0.2) is 84.9 Å². The number of phenolic OH excluding ortho intramolecular Hbond substituents is 1. The van der Waals surface area contributed by atoms with Crippen molar-refractivity contribution in [2.45, 2.75) is 30.3 Å². The van der Waals surface area contributed by atoms with Gasteiger partial charge in [-0.15, -0.1) is 0 Å². The lowest BCUT2D eigenvalue weighted by atomic mass is 9.53. The molecule has 1 aromatic carbocycles. The number of phenols is 1. The van der Waals surface area contributed by atoms with Crippen molar-refractivity contribution in [3.05, 3.63) is 46.2 Å². The molecule has 0 aliphatic heterocycles. The number of fused-ring (bicyclic) bond motifs is 3. The monoisotopic (exact) mass is 460 g/mol. The lowest BCUT2D eigenvalue weighted by Gasteiger charge is -2.55. The Morgan fingerprint density at radius 1 is 1.12 bits per heavy atom. The van der Waals surface area contributed by atoms with Gasteiger partial charge in [-0.2, -0.15) is 0 Å². The number of nitrogens with two attached hydrogens (primary N) is 1. The summed E-state index contributed by atoms with van der Waals surface area (Å²) in [6.07, 6.45) is -1.87. The molecule has 1 aromatic rings. The largest absolute Gasteiger partial charge is 0.508 e. The minimum Gasteiger partial charge on any atom is -0.508 e. The van der Waals surface area contributed by atoms with Crippen molar-refractivity contribution in [1.82, 2.24) is 4.90 Å². The molecule has 0 radical (unpaired) electrons. The number of likely N-dealkylation sites (N-methyl/N-ethyl adjacent to an activating group) is 1. The summed E-state index contributed by atoms with van der Waals surface area (Å²) in [4.78, 5) is 39.9. The molecule has 33 heavy (non-hydrogen) atoms. The molecule has 0 saturated heterocycles. The average Bonchev–Trinajstić information content (AvgIpc) is 2.70. The highest BCUT2D eigenvalue weighted by Crippen LogP contribution is 2.57. The topological polar surface area (TPSA) is 202 Å². The van der Waals surface area contributed by atoms with Crippen LogP contribution in [0.3, 0.4) is 0 Å². The first kappa shape index (κ1) is 22.9. The smallest absolute Gasteiger partial charge is 0.255 e. The third-order valence-corrected chi connectivity index (χ3v) is 7.03. The molecule has 1 amide bonds. The zero-order valence-electron chi connectivity index (χ0n) is 18.0. The highest BCUT2D eigenvalue weighted by molar-refractivity contribution is 6.24. The van der Waals surface area contributed by atoms with E-state index < -0.39 is 81.1 Å². The fourth-order valence-corrected chi connectivity index (χ4v) is 5.60. The van der Waals surface area contributed by atoms with E-state index in [0.717, 1.165) is 0 Å². The van der Waals surface area contributed by atoms with Crippen LogP contribution in [0, 0.1) is 11.8 Å². The molecule has 0 aromatic heterocycles. The van der Waals surface area contributed by atoms with E-state index in [1.165, 1.54) is 44.1 Å². The average molecular weight is 460 g/mol. The summed E-state index contributed by atoms with van der Waals surface area (Å²) in [5.74, 6) is -9.67. The van der Waals surface area contributed by atoms with E-state index >= 15 is 0 Å². The Labute approximate surface area is 187 Å². The Morgan fingerprint density at radius 3 is 2.27 bits per heavy atom. The second kappa shape index (κ2) is 6.87. The van der Waals surface area contributed by atoms with E-state index in [0.29, 0.717) is 0 Å². The zero-order valence-corrected chi connectivity index (χ0v) is 18.0. The van der Waals surface area contributed by atoms with Gasteiger partial charge in [0.2, 0.25) is 5.78 Å². The molecule has 6 atom stereocenters. The van der Waals surface area contributed by atoms with Crippen molar-refractivity contribution >= 4 is 23.2 Å². The molecule has 5 unspecified atom stereocenters. The Balaban J connectivity index is 2.11. The zero-order chi connectivity index (χ0) is 24.8. The molecule has 0 bridgehead atoms. The Hall–Kier alpha value is -3.25. The molecule has 0 heterocycles. The van der Waals surface area contributed by atoms with E-state index in [-0.39, 0.29) is 11.1 Å². The third kappa shape index (κ3) is 2.61. The number of hydrogen-bond donors (Lipinski definition) is 7. The maximum absolute atomic E-state index is 13.7. The number of benzene rings is 1. The van der Waals surface area contributed by atoms with Crippen LogP contribution in [-0.2, 0) is 20.0 Å². The molecule has 8 N–H and O–H groups in total. The SMILES string of the molecule is CN(C)[C@@H]1C(=O)C(C(N)=O)=C(O)C2(O)C(=O)C3=C(O)c4c(O)cccc4C(C)(O)C3C(O)C12. The van der Waals surface area contributed by atoms with E-state index in [9.17, 15) is 45.0 Å². The van der Waals surface area contributed by atoms with E-state index in [1.54, 1.807) is 0 Å². The standard InChI is InChI=1S/C22H24N2O9/c1-21(32)7-5-4-6-8(25)9(7)15(26)10-12(21)17(28)13-14(24(2)3)16(27)11(20(23)31)19(30)22(13,33)18(10)29/h4-6,12-14,17,25-26,28,30,32-33H,1-3H3,(H2,23,31)/t12?,13?,14-,17?,21?,22?/m0/s1. The molecule has 1 saturated carbocycles. The van der Waals surface area contributed by atoms with Gasteiger partial charge in [0.05, 0.1) is 40.7 Å². The van der Waals surface area contributed by atoms with Gasteiger partial charge < -0.3 is 36.4 Å². The molecular weight excluding hydrogens is 436 g/mol. The number of aliphatic hydroxyl groups excluding tert-OH is 3. The first-order valence-corrected chi connectivity index (χ1v) is 10.1. The first-order valence-electron chi connectivity index (χ1n) is 10.1. The van der Waals surface area contributed by atoms with Gasteiger partial charge in [0.25, 0.3) is 5.91 Å². The van der Waals surface area contributed by atoms with Gasteiger partial charge >= 0.3 is 0 Å². The van der Waals surface area contributed by atoms with Gasteiger partial charge in [-0.1, -0.05) is 12.1 Å². The summed E-state index contributed by atoms with van der Waals surface area (Å²) >= 11 is 0. The van der Waals surface area contributed by atoms with Gasteiger partial charge in [0.1, 0.15) is 22.8 Å². The first-order chi connectivity index (χ1) is 15.2. The van der Waals surface area contributed by atoms with Crippen molar-refractivity contribution in [3.63, 3.8) is 0 Å². The van der Waals surface area contributed by atoms with Gasteiger partial charge in [-0.3, -0.25) is 19.3 Å². The second-order valence-electron chi connectivity index (χ2n) is 9.06. The number of carbonyl (C=O) groups excluding carboxylic acids is 3. The summed E-state index contributed by atoms with van der Waals surface area (Å²) in [6.45, 7) is 1.25. The number of carbonyl (C=O) groups is 3. The van der Waals surface area contributed by atoms with Crippen LogP contribution in [0.15, 0.2) is 35.1 Å². The Bertz CT molecular complexity index is 1180. The number of nitrogens with zero attached hydrogens (tertiary/aromatic N) is 1. The summed E-state index contributed by atoms with van der Waals surface area (Å²) in [5, 5.41) is 66.3. The van der Waals surface area contributed by atoms with E-state index in [2.05, 4.69) is 0 Å². The van der Waals surface area contributed by atoms with Crippen molar-refractivity contribution in [2.75, 3.05) is 14.1 Å². The van der Waals surface area contributed by atoms with Gasteiger partial charge in [-0.05, 0) is 32.6 Å². The summed E-state index contributed by atoms with van der Waals surface area (Å²) in [6, 6.07) is 2.50. The van der Waals surface area contributed by atoms with Crippen molar-refractivity contribution in [1.29, 1.82) is 0 Å². The molecule has 3 aliphatic carbocycles. The van der Waals surface area contributed by atoms with Gasteiger partial charge in [0, 0.05) is 0 Å². The van der Waals surface area contributed by atoms with Crippen LogP contribution < -0.4 is 5.73 Å². The number of Topliss-reactive ketones (excluding diaryl/α,β-unsaturated/α-hetero) is 2. The lowest BCUT2D eigenvalue weighted by Crippen LogP contribution is -2.71. The van der Waals surface area contributed by atoms with Crippen LogP contribution in [0.4, 0.5) is 0 Å². The Morgan fingerprint density at radius 2 is 1.73 bits per heavy atom. The van der Waals surface area contributed by atoms with E-state index in [1.807, 2.05) is 0 Å². The van der Waals surface area contributed by atoms with Crippen molar-refractivity contribution in [2.24, 2.45) is 17.6 Å². The molecule has 4 rings (SSSR count). The van der Waals surface area contributed by atoms with Gasteiger partial charge in [-0.25, -0.2) is 0 Å².